The van der Waals surface area contributed by atoms with Gasteiger partial charge >= 0.3 is 0 Å². The molecule has 0 aromatic rings. The van der Waals surface area contributed by atoms with Crippen LogP contribution in [-0.4, -0.2) is 17.6 Å². The number of allylic oxidation sites excluding steroid dienone is 4. The molecule has 13 heavy (non-hydrogen) atoms. The van der Waals surface area contributed by atoms with Gasteiger partial charge in [-0.05, 0) is 37.6 Å². The second-order valence-electron chi connectivity index (χ2n) is 2.86. The van der Waals surface area contributed by atoms with Crippen LogP contribution in [0.1, 0.15) is 20.3 Å². The number of rotatable bonds is 1. The van der Waals surface area contributed by atoms with Crippen LogP contribution >= 0.6 is 0 Å². The Kier molecular flexibility index (Phi) is 5.72. The molecule has 0 aliphatic heterocycles. The molecule has 72 valence electrons. The molecule has 1 aliphatic rings. The van der Waals surface area contributed by atoms with Gasteiger partial charge in [-0.3, -0.25) is 9.59 Å². The Morgan fingerprint density at radius 1 is 1.15 bits per heavy atom. The predicted octanol–water partition coefficient (Wildman–Crippen LogP) is 0.994. The van der Waals surface area contributed by atoms with Crippen LogP contribution in [0.2, 0.25) is 0 Å². The summed E-state index contributed by atoms with van der Waals surface area (Å²) in [5, 5.41) is 0. The van der Waals surface area contributed by atoms with E-state index in [2.05, 4.69) is 6.92 Å². The molecular formula is C10H15NO2. The van der Waals surface area contributed by atoms with E-state index < -0.39 is 0 Å². The van der Waals surface area contributed by atoms with Gasteiger partial charge < -0.3 is 5.73 Å². The molecule has 0 saturated carbocycles. The van der Waals surface area contributed by atoms with E-state index in [-0.39, 0.29) is 11.6 Å². The van der Waals surface area contributed by atoms with Gasteiger partial charge in [0.1, 0.15) is 0 Å². The quantitative estimate of drug-likeness (QED) is 0.614. The molecule has 3 nitrogen and oxygen atoms in total. The van der Waals surface area contributed by atoms with Crippen molar-refractivity contribution in [3.63, 3.8) is 0 Å². The Labute approximate surface area is 78.3 Å². The van der Waals surface area contributed by atoms with Gasteiger partial charge in [0.2, 0.25) is 0 Å². The highest BCUT2D eigenvalue weighted by Gasteiger charge is 1.97. The lowest BCUT2D eigenvalue weighted by atomic mass is 10.2. The van der Waals surface area contributed by atoms with Gasteiger partial charge in [-0.1, -0.05) is 6.92 Å². The third-order valence-electron chi connectivity index (χ3n) is 1.47. The van der Waals surface area contributed by atoms with Gasteiger partial charge in [0.05, 0.1) is 0 Å². The smallest absolute Gasteiger partial charge is 0.178 e. The highest BCUT2D eigenvalue weighted by molar-refractivity contribution is 6.14. The van der Waals surface area contributed by atoms with Crippen molar-refractivity contribution in [2.75, 3.05) is 0 Å². The molecule has 2 N–H and O–H groups in total. The summed E-state index contributed by atoms with van der Waals surface area (Å²) < 4.78 is 0. The normalized spacial score (nSPS) is 16.5. The summed E-state index contributed by atoms with van der Waals surface area (Å²) in [6.07, 6.45) is 6.09. The summed E-state index contributed by atoms with van der Waals surface area (Å²) in [5.74, 6) is -0.241. The van der Waals surface area contributed by atoms with Crippen LogP contribution in [0.25, 0.3) is 0 Å². The van der Waals surface area contributed by atoms with Crippen molar-refractivity contribution < 1.29 is 9.59 Å². The lowest BCUT2D eigenvalue weighted by Crippen LogP contribution is -2.11. The fourth-order valence-corrected chi connectivity index (χ4v) is 0.440. The molecule has 0 aromatic carbocycles. The topological polar surface area (TPSA) is 60.2 Å². The first-order valence-corrected chi connectivity index (χ1v) is 4.26. The lowest BCUT2D eigenvalue weighted by Gasteiger charge is -1.91. The molecule has 1 rings (SSSR count). The van der Waals surface area contributed by atoms with Crippen LogP contribution in [0.5, 0.6) is 0 Å². The number of carbonyl (C=O) groups excluding carboxylic acids is 2. The Bertz CT molecular complexity index is 201. The molecule has 0 spiro atoms. The second-order valence-corrected chi connectivity index (χ2v) is 2.86. The number of hydrogen-bond acceptors (Lipinski definition) is 3. The molecule has 3 heteroatoms. The highest BCUT2D eigenvalue weighted by atomic mass is 16.1. The van der Waals surface area contributed by atoms with Gasteiger partial charge in [0.25, 0.3) is 0 Å². The maximum absolute atomic E-state index is 10.3. The molecule has 0 radical (unpaired) electrons. The first kappa shape index (κ1) is 11.8. The monoisotopic (exact) mass is 181 g/mol. The van der Waals surface area contributed by atoms with E-state index >= 15 is 0 Å². The highest BCUT2D eigenvalue weighted by Crippen LogP contribution is 1.90. The zero-order valence-electron chi connectivity index (χ0n) is 7.99. The van der Waals surface area contributed by atoms with Gasteiger partial charge in [-0.2, -0.15) is 0 Å². The second kappa shape index (κ2) is 6.31. The minimum Gasteiger partial charge on any atom is -0.328 e. The van der Waals surface area contributed by atoms with Crippen molar-refractivity contribution >= 4 is 11.6 Å². The fraction of sp³-hybridized carbons (Fsp3) is 0.400. The van der Waals surface area contributed by atoms with Gasteiger partial charge in [0.15, 0.2) is 11.6 Å². The molecule has 0 amide bonds. The molecule has 1 aliphatic carbocycles. The summed E-state index contributed by atoms with van der Waals surface area (Å²) in [6.45, 7) is 4.07. The average molecular weight is 181 g/mol. The van der Waals surface area contributed by atoms with Gasteiger partial charge in [-0.25, -0.2) is 0 Å². The van der Waals surface area contributed by atoms with Crippen molar-refractivity contribution in [1.82, 2.24) is 0 Å². The summed E-state index contributed by atoms with van der Waals surface area (Å²) in [4.78, 5) is 20.6. The predicted molar refractivity (Wildman–Crippen MR) is 52.2 cm³/mol. The van der Waals surface area contributed by atoms with Gasteiger partial charge in [-0.15, -0.1) is 0 Å². The maximum atomic E-state index is 10.3. The van der Waals surface area contributed by atoms with E-state index in [1.54, 1.807) is 0 Å². The molecule has 0 heterocycles. The van der Waals surface area contributed by atoms with E-state index in [1.165, 1.54) is 24.3 Å². The standard InChI is InChI=1S/C6H4O2.C4H11N/c7-5-1-2-6(8)4-3-5;1-3-4(2)5/h1-4H;4H,3,5H2,1-2H3. The van der Waals surface area contributed by atoms with E-state index in [0.717, 1.165) is 6.42 Å². The first-order chi connectivity index (χ1) is 6.06. The van der Waals surface area contributed by atoms with Crippen LogP contribution in [-0.2, 0) is 9.59 Å². The Balaban J connectivity index is 0.000000252. The molecule has 1 atom stereocenters. The zero-order chi connectivity index (χ0) is 10.3. The molecule has 0 aromatic heterocycles. The summed E-state index contributed by atoms with van der Waals surface area (Å²) in [7, 11) is 0. The van der Waals surface area contributed by atoms with E-state index in [0.29, 0.717) is 6.04 Å². The molecule has 0 saturated heterocycles. The third-order valence-corrected chi connectivity index (χ3v) is 1.47. The summed E-state index contributed by atoms with van der Waals surface area (Å²) >= 11 is 0. The Morgan fingerprint density at radius 2 is 1.38 bits per heavy atom. The molecule has 1 unspecified atom stereocenters. The Hall–Kier alpha value is -1.22. The lowest BCUT2D eigenvalue weighted by molar-refractivity contribution is -0.113. The minimum atomic E-state index is -0.121. The zero-order valence-corrected chi connectivity index (χ0v) is 7.99. The van der Waals surface area contributed by atoms with Crippen molar-refractivity contribution in [3.05, 3.63) is 24.3 Å². The molecular weight excluding hydrogens is 166 g/mol. The van der Waals surface area contributed by atoms with Crippen LogP contribution in [0.4, 0.5) is 0 Å². The van der Waals surface area contributed by atoms with Crippen molar-refractivity contribution in [1.29, 1.82) is 0 Å². The van der Waals surface area contributed by atoms with Crippen LogP contribution in [0.15, 0.2) is 24.3 Å². The van der Waals surface area contributed by atoms with E-state index in [9.17, 15) is 9.59 Å². The van der Waals surface area contributed by atoms with Crippen LogP contribution < -0.4 is 5.73 Å². The number of carbonyl (C=O) groups is 2. The van der Waals surface area contributed by atoms with Crippen molar-refractivity contribution in [2.24, 2.45) is 5.73 Å². The fourth-order valence-electron chi connectivity index (χ4n) is 0.440. The van der Waals surface area contributed by atoms with E-state index in [4.69, 9.17) is 5.73 Å². The number of ketones is 2. The van der Waals surface area contributed by atoms with E-state index in [1.807, 2.05) is 6.92 Å². The van der Waals surface area contributed by atoms with Crippen LogP contribution in [0.3, 0.4) is 0 Å². The van der Waals surface area contributed by atoms with Crippen molar-refractivity contribution in [3.8, 4) is 0 Å². The molecule has 0 fully saturated rings. The third kappa shape index (κ3) is 7.15. The minimum absolute atomic E-state index is 0.121. The summed E-state index contributed by atoms with van der Waals surface area (Å²) in [5.41, 5.74) is 5.29. The number of nitrogens with two attached hydrogens (primary N) is 1. The Morgan fingerprint density at radius 3 is 1.54 bits per heavy atom. The largest absolute Gasteiger partial charge is 0.328 e. The first-order valence-electron chi connectivity index (χ1n) is 4.26. The SMILES string of the molecule is CCC(C)N.O=C1C=CC(=O)C=C1. The van der Waals surface area contributed by atoms with Crippen molar-refractivity contribution in [2.45, 2.75) is 26.3 Å². The average Bonchev–Trinajstić information content (AvgIpc) is 2.11. The van der Waals surface area contributed by atoms with Gasteiger partial charge in [0, 0.05) is 6.04 Å². The summed E-state index contributed by atoms with van der Waals surface area (Å²) in [6, 6.07) is 0.384. The maximum Gasteiger partial charge on any atom is 0.178 e. The number of hydrogen-bond donors (Lipinski definition) is 1. The van der Waals surface area contributed by atoms with Crippen LogP contribution in [0, 0.1) is 0 Å². The molecule has 0 bridgehead atoms.